The summed E-state index contributed by atoms with van der Waals surface area (Å²) >= 11 is 5.80. The van der Waals surface area contributed by atoms with Gasteiger partial charge in [0, 0.05) is 17.3 Å². The third-order valence-electron chi connectivity index (χ3n) is 3.21. The fourth-order valence-corrected chi connectivity index (χ4v) is 2.25. The number of likely N-dealkylation sites (N-methyl/N-ethyl adjacent to an activating group) is 1. The molecule has 0 radical (unpaired) electrons. The number of anilines is 1. The van der Waals surface area contributed by atoms with E-state index < -0.39 is 6.10 Å². The van der Waals surface area contributed by atoms with Crippen molar-refractivity contribution in [1.29, 1.82) is 0 Å². The van der Waals surface area contributed by atoms with E-state index in [0.717, 1.165) is 5.56 Å². The molecule has 0 unspecified atom stereocenters. The van der Waals surface area contributed by atoms with E-state index in [1.165, 1.54) is 0 Å². The maximum Gasteiger partial charge on any atom is 0.238 e. The molecule has 4 nitrogen and oxygen atoms in total. The Bertz CT molecular complexity index is 602. The molecule has 0 bridgehead atoms. The molecule has 0 aromatic heterocycles. The lowest BCUT2D eigenvalue weighted by Crippen LogP contribution is -2.33. The lowest BCUT2D eigenvalue weighted by Gasteiger charge is -2.20. The first-order valence-corrected chi connectivity index (χ1v) is 7.39. The first-order chi connectivity index (χ1) is 10.5. The van der Waals surface area contributed by atoms with Crippen LogP contribution in [0.15, 0.2) is 54.6 Å². The molecule has 116 valence electrons. The molecular formula is C17H19ClN2O2. The first kappa shape index (κ1) is 16.5. The molecule has 2 N–H and O–H groups in total. The second-order valence-electron chi connectivity index (χ2n) is 5.18. The van der Waals surface area contributed by atoms with Gasteiger partial charge in [0.15, 0.2) is 0 Å². The lowest BCUT2D eigenvalue weighted by molar-refractivity contribution is -0.117. The topological polar surface area (TPSA) is 52.6 Å². The highest BCUT2D eigenvalue weighted by molar-refractivity contribution is 6.30. The Hall–Kier alpha value is -1.88. The molecule has 0 spiro atoms. The summed E-state index contributed by atoms with van der Waals surface area (Å²) in [6.07, 6.45) is -0.616. The van der Waals surface area contributed by atoms with Gasteiger partial charge in [-0.15, -0.1) is 0 Å². The van der Waals surface area contributed by atoms with Gasteiger partial charge in [-0.2, -0.15) is 0 Å². The highest BCUT2D eigenvalue weighted by atomic mass is 35.5. The molecule has 2 aromatic carbocycles. The van der Waals surface area contributed by atoms with Gasteiger partial charge in [-0.3, -0.25) is 9.69 Å². The van der Waals surface area contributed by atoms with Crippen LogP contribution in [0.5, 0.6) is 0 Å². The maximum absolute atomic E-state index is 12.0. The molecular weight excluding hydrogens is 300 g/mol. The molecule has 5 heteroatoms. The smallest absolute Gasteiger partial charge is 0.238 e. The number of benzene rings is 2. The predicted molar refractivity (Wildman–Crippen MR) is 89.0 cm³/mol. The van der Waals surface area contributed by atoms with Gasteiger partial charge in [0.05, 0.1) is 12.6 Å². The lowest BCUT2D eigenvalue weighted by atomic mass is 10.1. The minimum absolute atomic E-state index is 0.134. The van der Waals surface area contributed by atoms with Crippen molar-refractivity contribution in [3.05, 3.63) is 65.2 Å². The van der Waals surface area contributed by atoms with Gasteiger partial charge >= 0.3 is 0 Å². The van der Waals surface area contributed by atoms with Crippen LogP contribution in [-0.2, 0) is 4.79 Å². The summed E-state index contributed by atoms with van der Waals surface area (Å²) in [7, 11) is 1.80. The fourth-order valence-electron chi connectivity index (χ4n) is 2.12. The summed E-state index contributed by atoms with van der Waals surface area (Å²) < 4.78 is 0. The zero-order chi connectivity index (χ0) is 15.9. The summed E-state index contributed by atoms with van der Waals surface area (Å²) in [5, 5.41) is 13.6. The van der Waals surface area contributed by atoms with Crippen molar-refractivity contribution in [2.75, 3.05) is 25.5 Å². The highest BCUT2D eigenvalue weighted by Gasteiger charge is 2.13. The number of carbonyl (C=O) groups excluding carboxylic acids is 1. The quantitative estimate of drug-likeness (QED) is 0.861. The molecule has 1 amide bonds. The summed E-state index contributed by atoms with van der Waals surface area (Å²) in [6.45, 7) is 0.588. The van der Waals surface area contributed by atoms with E-state index in [1.807, 2.05) is 30.3 Å². The fraction of sp³-hybridized carbons (Fsp3) is 0.235. The van der Waals surface area contributed by atoms with E-state index in [9.17, 15) is 9.90 Å². The predicted octanol–water partition coefficient (Wildman–Crippen LogP) is 2.94. The highest BCUT2D eigenvalue weighted by Crippen LogP contribution is 2.14. The molecule has 2 aromatic rings. The largest absolute Gasteiger partial charge is 0.387 e. The van der Waals surface area contributed by atoms with Crippen molar-refractivity contribution in [3.63, 3.8) is 0 Å². The molecule has 0 aliphatic heterocycles. The van der Waals surface area contributed by atoms with Gasteiger partial charge < -0.3 is 10.4 Å². The van der Waals surface area contributed by atoms with Gasteiger partial charge in [0.1, 0.15) is 0 Å². The van der Waals surface area contributed by atoms with Crippen LogP contribution < -0.4 is 5.32 Å². The Morgan fingerprint density at radius 1 is 1.18 bits per heavy atom. The third-order valence-corrected chi connectivity index (χ3v) is 3.46. The Kier molecular flexibility index (Phi) is 5.95. The second-order valence-corrected chi connectivity index (χ2v) is 5.61. The normalized spacial score (nSPS) is 12.2. The molecule has 0 fully saturated rings. The zero-order valence-electron chi connectivity index (χ0n) is 12.4. The average molecular weight is 319 g/mol. The van der Waals surface area contributed by atoms with Gasteiger partial charge in [-0.1, -0.05) is 41.9 Å². The number of carbonyl (C=O) groups is 1. The number of amides is 1. The maximum atomic E-state index is 12.0. The van der Waals surface area contributed by atoms with Gasteiger partial charge in [-0.05, 0) is 36.9 Å². The van der Waals surface area contributed by atoms with Crippen molar-refractivity contribution in [1.82, 2.24) is 4.90 Å². The molecule has 0 saturated heterocycles. The molecule has 1 atom stereocenters. The van der Waals surface area contributed by atoms with E-state index in [0.29, 0.717) is 17.3 Å². The summed E-state index contributed by atoms with van der Waals surface area (Å²) in [6, 6.07) is 16.3. The van der Waals surface area contributed by atoms with Gasteiger partial charge in [0.25, 0.3) is 0 Å². The molecule has 0 heterocycles. The third kappa shape index (κ3) is 5.15. The monoisotopic (exact) mass is 318 g/mol. The van der Waals surface area contributed by atoms with Crippen LogP contribution in [0.25, 0.3) is 0 Å². The van der Waals surface area contributed by atoms with Crippen LogP contribution >= 0.6 is 11.6 Å². The SMILES string of the molecule is CN(CC(=O)Nc1ccc(Cl)cc1)C[C@@H](O)c1ccccc1. The average Bonchev–Trinajstić information content (AvgIpc) is 2.50. The summed E-state index contributed by atoms with van der Waals surface area (Å²) in [5.74, 6) is -0.134. The number of halogens is 1. The Labute approximate surface area is 135 Å². The van der Waals surface area contributed by atoms with Crippen molar-refractivity contribution in [2.24, 2.45) is 0 Å². The van der Waals surface area contributed by atoms with Crippen LogP contribution in [0.4, 0.5) is 5.69 Å². The molecule has 0 aliphatic carbocycles. The number of hydrogen-bond acceptors (Lipinski definition) is 3. The van der Waals surface area contributed by atoms with Crippen LogP contribution in [0, 0.1) is 0 Å². The number of aliphatic hydroxyl groups is 1. The van der Waals surface area contributed by atoms with Crippen molar-refractivity contribution >= 4 is 23.2 Å². The van der Waals surface area contributed by atoms with Crippen LogP contribution in [0.1, 0.15) is 11.7 Å². The van der Waals surface area contributed by atoms with E-state index >= 15 is 0 Å². The molecule has 0 saturated carbocycles. The summed E-state index contributed by atoms with van der Waals surface area (Å²) in [5.41, 5.74) is 1.54. The number of rotatable bonds is 6. The molecule has 22 heavy (non-hydrogen) atoms. The standard InChI is InChI=1S/C17H19ClN2O2/c1-20(11-16(21)13-5-3-2-4-6-13)12-17(22)19-15-9-7-14(18)8-10-15/h2-10,16,21H,11-12H2,1H3,(H,19,22)/t16-/m1/s1. The second kappa shape index (κ2) is 7.94. The first-order valence-electron chi connectivity index (χ1n) is 7.01. The minimum atomic E-state index is -0.616. The minimum Gasteiger partial charge on any atom is -0.387 e. The Morgan fingerprint density at radius 2 is 1.82 bits per heavy atom. The van der Waals surface area contributed by atoms with Crippen molar-refractivity contribution in [3.8, 4) is 0 Å². The molecule has 0 aliphatic rings. The van der Waals surface area contributed by atoms with Crippen molar-refractivity contribution in [2.45, 2.75) is 6.10 Å². The van der Waals surface area contributed by atoms with Gasteiger partial charge in [-0.25, -0.2) is 0 Å². The van der Waals surface area contributed by atoms with E-state index in [4.69, 9.17) is 11.6 Å². The van der Waals surface area contributed by atoms with E-state index in [2.05, 4.69) is 5.32 Å². The number of aliphatic hydroxyl groups excluding tert-OH is 1. The summed E-state index contributed by atoms with van der Waals surface area (Å²) in [4.78, 5) is 13.7. The number of hydrogen-bond donors (Lipinski definition) is 2. The van der Waals surface area contributed by atoms with Crippen LogP contribution in [-0.4, -0.2) is 36.1 Å². The van der Waals surface area contributed by atoms with E-state index in [1.54, 1.807) is 36.2 Å². The Balaban J connectivity index is 1.82. The molecule has 2 rings (SSSR count). The number of nitrogens with zero attached hydrogens (tertiary/aromatic N) is 1. The van der Waals surface area contributed by atoms with Crippen LogP contribution in [0.2, 0.25) is 5.02 Å². The Morgan fingerprint density at radius 3 is 2.45 bits per heavy atom. The van der Waals surface area contributed by atoms with Crippen molar-refractivity contribution < 1.29 is 9.90 Å². The van der Waals surface area contributed by atoms with E-state index in [-0.39, 0.29) is 12.5 Å². The number of nitrogens with one attached hydrogen (secondary N) is 1. The van der Waals surface area contributed by atoms with Gasteiger partial charge in [0.2, 0.25) is 5.91 Å². The zero-order valence-corrected chi connectivity index (χ0v) is 13.1. The van der Waals surface area contributed by atoms with Crippen LogP contribution in [0.3, 0.4) is 0 Å².